The van der Waals surface area contributed by atoms with Crippen molar-refractivity contribution >= 4 is 11.8 Å². The van der Waals surface area contributed by atoms with Crippen molar-refractivity contribution in [3.63, 3.8) is 0 Å². The van der Waals surface area contributed by atoms with Gasteiger partial charge in [-0.05, 0) is 36.5 Å². The monoisotopic (exact) mass is 250 g/mol. The van der Waals surface area contributed by atoms with Gasteiger partial charge in [-0.2, -0.15) is 0 Å². The fourth-order valence-electron chi connectivity index (χ4n) is 2.59. The Morgan fingerprint density at radius 1 is 1.24 bits per heavy atom. The first-order valence-electron chi connectivity index (χ1n) is 6.68. The molecule has 1 N–H and O–H groups in total. The maximum absolute atomic E-state index is 9.01. The number of rotatable bonds is 4. The van der Waals surface area contributed by atoms with Gasteiger partial charge in [0, 0.05) is 10.1 Å². The van der Waals surface area contributed by atoms with Crippen LogP contribution in [0.2, 0.25) is 0 Å². The molecule has 2 heteroatoms. The Morgan fingerprint density at radius 2 is 2.00 bits per heavy atom. The molecule has 0 aromatic heterocycles. The summed E-state index contributed by atoms with van der Waals surface area (Å²) in [6.45, 7) is 2.46. The molecule has 0 spiro atoms. The first kappa shape index (κ1) is 13.0. The van der Waals surface area contributed by atoms with Crippen molar-refractivity contribution in [1.29, 1.82) is 0 Å². The quantitative estimate of drug-likeness (QED) is 0.862. The van der Waals surface area contributed by atoms with Gasteiger partial charge < -0.3 is 5.11 Å². The van der Waals surface area contributed by atoms with Gasteiger partial charge in [0.2, 0.25) is 0 Å². The molecule has 94 valence electrons. The van der Waals surface area contributed by atoms with Gasteiger partial charge in [0.1, 0.15) is 0 Å². The molecule has 1 aromatic rings. The van der Waals surface area contributed by atoms with Crippen molar-refractivity contribution in [3.8, 4) is 0 Å². The van der Waals surface area contributed by atoms with E-state index in [2.05, 4.69) is 19.1 Å². The molecule has 1 fully saturated rings. The number of hydrogen-bond acceptors (Lipinski definition) is 2. The number of hydrogen-bond donors (Lipinski definition) is 1. The van der Waals surface area contributed by atoms with Crippen molar-refractivity contribution in [2.75, 3.05) is 0 Å². The van der Waals surface area contributed by atoms with Crippen LogP contribution in [-0.2, 0) is 6.61 Å². The molecule has 17 heavy (non-hydrogen) atoms. The highest BCUT2D eigenvalue weighted by Gasteiger charge is 2.21. The summed E-state index contributed by atoms with van der Waals surface area (Å²) in [5.41, 5.74) is 1.00. The van der Waals surface area contributed by atoms with Crippen molar-refractivity contribution in [3.05, 3.63) is 29.8 Å². The third-order valence-corrected chi connectivity index (χ3v) is 5.03. The predicted molar refractivity (Wildman–Crippen MR) is 74.3 cm³/mol. The zero-order chi connectivity index (χ0) is 12.1. The minimum Gasteiger partial charge on any atom is -0.392 e. The number of aliphatic hydroxyl groups is 1. The summed E-state index contributed by atoms with van der Waals surface area (Å²) in [6.07, 6.45) is 6.90. The van der Waals surface area contributed by atoms with Crippen molar-refractivity contribution in [1.82, 2.24) is 0 Å². The topological polar surface area (TPSA) is 20.2 Å². The molecule has 2 atom stereocenters. The zero-order valence-electron chi connectivity index (χ0n) is 10.6. The van der Waals surface area contributed by atoms with Crippen LogP contribution < -0.4 is 0 Å². The molecule has 0 radical (unpaired) electrons. The second-order valence-electron chi connectivity index (χ2n) is 4.98. The van der Waals surface area contributed by atoms with Crippen LogP contribution in [0.15, 0.2) is 29.2 Å². The highest BCUT2D eigenvalue weighted by Crippen LogP contribution is 2.37. The number of thioether (sulfide) groups is 1. The van der Waals surface area contributed by atoms with E-state index >= 15 is 0 Å². The fraction of sp³-hybridized carbons (Fsp3) is 0.600. The Morgan fingerprint density at radius 3 is 2.65 bits per heavy atom. The second kappa shape index (κ2) is 6.46. The highest BCUT2D eigenvalue weighted by molar-refractivity contribution is 8.00. The van der Waals surface area contributed by atoms with E-state index in [4.69, 9.17) is 5.11 Å². The predicted octanol–water partition coefficient (Wildman–Crippen LogP) is 4.24. The lowest BCUT2D eigenvalue weighted by Crippen LogP contribution is -2.16. The van der Waals surface area contributed by atoms with E-state index in [0.717, 1.165) is 16.7 Å². The van der Waals surface area contributed by atoms with Crippen LogP contribution in [0.3, 0.4) is 0 Å². The standard InChI is InChI=1S/C15H22OS/c1-2-12-4-3-5-15(10-12)17-14-8-6-13(11-16)7-9-14/h6-9,12,15-16H,2-5,10-11H2,1H3. The smallest absolute Gasteiger partial charge is 0.0681 e. The molecule has 2 unspecified atom stereocenters. The molecule has 0 heterocycles. The molecule has 0 bridgehead atoms. The fourth-order valence-corrected chi connectivity index (χ4v) is 3.92. The van der Waals surface area contributed by atoms with Crippen LogP contribution in [0.5, 0.6) is 0 Å². The zero-order valence-corrected chi connectivity index (χ0v) is 11.4. The normalized spacial score (nSPS) is 24.8. The van der Waals surface area contributed by atoms with Crippen LogP contribution in [0.1, 0.15) is 44.6 Å². The number of aliphatic hydroxyl groups excluding tert-OH is 1. The minimum atomic E-state index is 0.145. The van der Waals surface area contributed by atoms with Gasteiger partial charge in [0.05, 0.1) is 6.61 Å². The van der Waals surface area contributed by atoms with E-state index in [1.165, 1.54) is 37.0 Å². The summed E-state index contributed by atoms with van der Waals surface area (Å²) in [6, 6.07) is 8.35. The van der Waals surface area contributed by atoms with E-state index < -0.39 is 0 Å². The molecule has 1 aliphatic rings. The largest absolute Gasteiger partial charge is 0.392 e. The van der Waals surface area contributed by atoms with E-state index in [9.17, 15) is 0 Å². The van der Waals surface area contributed by atoms with Gasteiger partial charge in [-0.1, -0.05) is 38.3 Å². The van der Waals surface area contributed by atoms with Crippen LogP contribution >= 0.6 is 11.8 Å². The summed E-state index contributed by atoms with van der Waals surface area (Å²) in [4.78, 5) is 1.35. The molecule has 1 aliphatic carbocycles. The summed E-state index contributed by atoms with van der Waals surface area (Å²) in [5, 5.41) is 9.81. The average Bonchev–Trinajstić information content (AvgIpc) is 2.40. The number of benzene rings is 1. The van der Waals surface area contributed by atoms with Crippen LogP contribution in [0.4, 0.5) is 0 Å². The minimum absolute atomic E-state index is 0.145. The van der Waals surface area contributed by atoms with E-state index in [1.54, 1.807) is 0 Å². The average molecular weight is 250 g/mol. The van der Waals surface area contributed by atoms with E-state index in [-0.39, 0.29) is 6.61 Å². The molecule has 0 saturated heterocycles. The summed E-state index contributed by atoms with van der Waals surface area (Å²) >= 11 is 2.02. The van der Waals surface area contributed by atoms with E-state index in [1.807, 2.05) is 23.9 Å². The maximum Gasteiger partial charge on any atom is 0.0681 e. The Bertz CT molecular complexity index is 333. The lowest BCUT2D eigenvalue weighted by molar-refractivity contribution is 0.282. The Kier molecular flexibility index (Phi) is 4.93. The molecule has 1 aromatic carbocycles. The van der Waals surface area contributed by atoms with Crippen molar-refractivity contribution in [2.45, 2.75) is 55.8 Å². The molecule has 0 amide bonds. The highest BCUT2D eigenvalue weighted by atomic mass is 32.2. The summed E-state index contributed by atoms with van der Waals surface area (Å²) < 4.78 is 0. The van der Waals surface area contributed by atoms with Crippen LogP contribution in [0, 0.1) is 5.92 Å². The SMILES string of the molecule is CCC1CCCC(Sc2ccc(CO)cc2)C1. The van der Waals surface area contributed by atoms with Gasteiger partial charge in [-0.3, -0.25) is 0 Å². The lowest BCUT2D eigenvalue weighted by atomic mass is 9.87. The summed E-state index contributed by atoms with van der Waals surface area (Å²) in [5.74, 6) is 0.943. The van der Waals surface area contributed by atoms with Gasteiger partial charge in [0.15, 0.2) is 0 Å². The third kappa shape index (κ3) is 3.75. The molecule has 0 aliphatic heterocycles. The first-order valence-corrected chi connectivity index (χ1v) is 7.56. The van der Waals surface area contributed by atoms with Crippen molar-refractivity contribution in [2.24, 2.45) is 5.92 Å². The first-order chi connectivity index (χ1) is 8.31. The molecule has 1 saturated carbocycles. The summed E-state index contributed by atoms with van der Waals surface area (Å²) in [7, 11) is 0. The van der Waals surface area contributed by atoms with Crippen LogP contribution in [0.25, 0.3) is 0 Å². The Hall–Kier alpha value is -0.470. The molecular formula is C15H22OS. The second-order valence-corrected chi connectivity index (χ2v) is 6.36. The van der Waals surface area contributed by atoms with E-state index in [0.29, 0.717) is 0 Å². The van der Waals surface area contributed by atoms with Crippen molar-refractivity contribution < 1.29 is 5.11 Å². The van der Waals surface area contributed by atoms with Gasteiger partial charge >= 0.3 is 0 Å². The van der Waals surface area contributed by atoms with Gasteiger partial charge in [-0.15, -0.1) is 11.8 Å². The maximum atomic E-state index is 9.01. The lowest BCUT2D eigenvalue weighted by Gasteiger charge is -2.28. The van der Waals surface area contributed by atoms with Gasteiger partial charge in [0.25, 0.3) is 0 Å². The molecule has 2 rings (SSSR count). The molecular weight excluding hydrogens is 228 g/mol. The Balaban J connectivity index is 1.90. The van der Waals surface area contributed by atoms with Crippen LogP contribution in [-0.4, -0.2) is 10.4 Å². The Labute approximate surface area is 109 Å². The molecule has 1 nitrogen and oxygen atoms in total. The third-order valence-electron chi connectivity index (χ3n) is 3.72. The van der Waals surface area contributed by atoms with Gasteiger partial charge in [-0.25, -0.2) is 0 Å².